The SMILES string of the molecule is Nc1ccc(C(=O)Nc2ccc(F)c(Cl)c2)cc1S(=O)(=O)N1CC(O)C1. The predicted molar refractivity (Wildman–Crippen MR) is 95.0 cm³/mol. The smallest absolute Gasteiger partial charge is 0.255 e. The normalized spacial score (nSPS) is 15.5. The molecule has 2 aromatic rings. The van der Waals surface area contributed by atoms with Crippen LogP contribution in [0.15, 0.2) is 41.3 Å². The number of hydrogen-bond donors (Lipinski definition) is 3. The number of halogens is 2. The van der Waals surface area contributed by atoms with E-state index in [0.717, 1.165) is 16.4 Å². The van der Waals surface area contributed by atoms with Gasteiger partial charge in [0.2, 0.25) is 10.0 Å². The van der Waals surface area contributed by atoms with Gasteiger partial charge < -0.3 is 16.2 Å². The van der Waals surface area contributed by atoms with Gasteiger partial charge in [0.15, 0.2) is 0 Å². The maximum atomic E-state index is 13.2. The third-order valence-electron chi connectivity index (χ3n) is 3.90. The molecule has 0 radical (unpaired) electrons. The Kier molecular flexibility index (Phi) is 4.89. The average Bonchev–Trinajstić information content (AvgIpc) is 2.55. The molecule has 3 rings (SSSR count). The van der Waals surface area contributed by atoms with Crippen LogP contribution in [0.25, 0.3) is 0 Å². The molecular weight excluding hydrogens is 385 g/mol. The summed E-state index contributed by atoms with van der Waals surface area (Å²) in [4.78, 5) is 12.2. The number of carbonyl (C=O) groups is 1. The van der Waals surface area contributed by atoms with Gasteiger partial charge in [0.25, 0.3) is 5.91 Å². The summed E-state index contributed by atoms with van der Waals surface area (Å²) in [5.74, 6) is -1.23. The molecule has 1 aliphatic heterocycles. The number of aliphatic hydroxyl groups is 1. The molecule has 1 aliphatic rings. The van der Waals surface area contributed by atoms with E-state index in [9.17, 15) is 22.7 Å². The topological polar surface area (TPSA) is 113 Å². The minimum Gasteiger partial charge on any atom is -0.398 e. The van der Waals surface area contributed by atoms with Crippen LogP contribution in [-0.2, 0) is 10.0 Å². The minimum absolute atomic E-state index is 0.00670. The molecule has 1 heterocycles. The van der Waals surface area contributed by atoms with E-state index in [1.807, 2.05) is 0 Å². The van der Waals surface area contributed by atoms with Gasteiger partial charge in [-0.1, -0.05) is 11.6 Å². The molecule has 1 amide bonds. The molecule has 0 atom stereocenters. The van der Waals surface area contributed by atoms with E-state index in [1.54, 1.807) is 0 Å². The van der Waals surface area contributed by atoms with Gasteiger partial charge in [-0.2, -0.15) is 4.31 Å². The quantitative estimate of drug-likeness (QED) is 0.677. The van der Waals surface area contributed by atoms with Crippen LogP contribution in [0.1, 0.15) is 10.4 Å². The summed E-state index contributed by atoms with van der Waals surface area (Å²) >= 11 is 5.67. The zero-order valence-electron chi connectivity index (χ0n) is 13.3. The Labute approximate surface area is 154 Å². The van der Waals surface area contributed by atoms with Crippen molar-refractivity contribution in [2.45, 2.75) is 11.0 Å². The molecule has 2 aromatic carbocycles. The summed E-state index contributed by atoms with van der Waals surface area (Å²) in [5.41, 5.74) is 6.06. The number of rotatable bonds is 4. The van der Waals surface area contributed by atoms with Gasteiger partial charge in [0.1, 0.15) is 10.7 Å². The van der Waals surface area contributed by atoms with Gasteiger partial charge in [0.05, 0.1) is 16.8 Å². The van der Waals surface area contributed by atoms with Crippen molar-refractivity contribution in [3.05, 3.63) is 52.8 Å². The predicted octanol–water partition coefficient (Wildman–Crippen LogP) is 1.68. The van der Waals surface area contributed by atoms with Crippen LogP contribution >= 0.6 is 11.6 Å². The van der Waals surface area contributed by atoms with Crippen molar-refractivity contribution in [3.63, 3.8) is 0 Å². The first-order chi connectivity index (χ1) is 12.2. The fraction of sp³-hybridized carbons (Fsp3) is 0.188. The summed E-state index contributed by atoms with van der Waals surface area (Å²) in [6.45, 7) is -0.0431. The number of β-amino-alcohol motifs (C(OH)–C–C–N with tert-alkyl or cyclic N) is 1. The molecule has 138 valence electrons. The highest BCUT2D eigenvalue weighted by atomic mass is 35.5. The number of amides is 1. The number of carbonyl (C=O) groups excluding carboxylic acids is 1. The van der Waals surface area contributed by atoms with Gasteiger partial charge in [-0.25, -0.2) is 12.8 Å². The molecule has 4 N–H and O–H groups in total. The van der Waals surface area contributed by atoms with Crippen LogP contribution in [0, 0.1) is 5.82 Å². The molecule has 0 saturated carbocycles. The number of nitrogens with one attached hydrogen (secondary N) is 1. The summed E-state index contributed by atoms with van der Waals surface area (Å²) in [6.07, 6.45) is -0.708. The lowest BCUT2D eigenvalue weighted by atomic mass is 10.2. The van der Waals surface area contributed by atoms with E-state index in [1.165, 1.54) is 24.3 Å². The maximum Gasteiger partial charge on any atom is 0.255 e. The minimum atomic E-state index is -3.91. The first kappa shape index (κ1) is 18.6. The number of hydrogen-bond acceptors (Lipinski definition) is 5. The molecule has 26 heavy (non-hydrogen) atoms. The molecule has 0 aromatic heterocycles. The van der Waals surface area contributed by atoms with Crippen molar-refractivity contribution in [1.82, 2.24) is 4.31 Å². The van der Waals surface area contributed by atoms with E-state index >= 15 is 0 Å². The van der Waals surface area contributed by atoms with Gasteiger partial charge in [-0.15, -0.1) is 0 Å². The molecule has 10 heteroatoms. The second kappa shape index (κ2) is 6.84. The lowest BCUT2D eigenvalue weighted by Crippen LogP contribution is -2.53. The lowest BCUT2D eigenvalue weighted by Gasteiger charge is -2.34. The number of nitrogen functional groups attached to an aromatic ring is 1. The van der Waals surface area contributed by atoms with Crippen molar-refractivity contribution in [2.24, 2.45) is 0 Å². The largest absolute Gasteiger partial charge is 0.398 e. The Bertz CT molecular complexity index is 977. The van der Waals surface area contributed by atoms with Gasteiger partial charge in [0, 0.05) is 24.3 Å². The van der Waals surface area contributed by atoms with E-state index < -0.39 is 27.9 Å². The molecular formula is C16H15ClFN3O4S. The number of nitrogens with two attached hydrogens (primary N) is 1. The van der Waals surface area contributed by atoms with Gasteiger partial charge in [-0.3, -0.25) is 4.79 Å². The van der Waals surface area contributed by atoms with Crippen molar-refractivity contribution >= 4 is 38.9 Å². The molecule has 0 aliphatic carbocycles. The molecule has 0 bridgehead atoms. The first-order valence-corrected chi connectivity index (χ1v) is 9.34. The lowest BCUT2D eigenvalue weighted by molar-refractivity contribution is 0.0548. The number of aliphatic hydroxyl groups excluding tert-OH is 1. The summed E-state index contributed by atoms with van der Waals surface area (Å²) in [7, 11) is -3.91. The molecule has 7 nitrogen and oxygen atoms in total. The zero-order chi connectivity index (χ0) is 19.1. The van der Waals surface area contributed by atoms with Gasteiger partial charge >= 0.3 is 0 Å². The van der Waals surface area contributed by atoms with Crippen LogP contribution in [0.5, 0.6) is 0 Å². The van der Waals surface area contributed by atoms with Crippen LogP contribution < -0.4 is 11.1 Å². The number of sulfonamides is 1. The van der Waals surface area contributed by atoms with Crippen LogP contribution in [0.2, 0.25) is 5.02 Å². The van der Waals surface area contributed by atoms with Crippen molar-refractivity contribution in [3.8, 4) is 0 Å². The van der Waals surface area contributed by atoms with Crippen LogP contribution in [0.3, 0.4) is 0 Å². The third-order valence-corrected chi connectivity index (χ3v) is 6.08. The van der Waals surface area contributed by atoms with E-state index in [2.05, 4.69) is 5.32 Å². The monoisotopic (exact) mass is 399 g/mol. The van der Waals surface area contributed by atoms with E-state index in [4.69, 9.17) is 17.3 Å². The number of anilines is 2. The highest BCUT2D eigenvalue weighted by Crippen LogP contribution is 2.27. The third kappa shape index (κ3) is 3.51. The first-order valence-electron chi connectivity index (χ1n) is 7.52. The molecule has 1 saturated heterocycles. The molecule has 0 spiro atoms. The Morgan fingerprint density at radius 2 is 1.96 bits per heavy atom. The number of benzene rings is 2. The Morgan fingerprint density at radius 1 is 1.27 bits per heavy atom. The number of nitrogens with zero attached hydrogens (tertiary/aromatic N) is 1. The highest BCUT2D eigenvalue weighted by Gasteiger charge is 2.36. The Balaban J connectivity index is 1.87. The average molecular weight is 400 g/mol. The molecule has 0 unspecified atom stereocenters. The highest BCUT2D eigenvalue weighted by molar-refractivity contribution is 7.89. The molecule has 1 fully saturated rings. The summed E-state index contributed by atoms with van der Waals surface area (Å²) in [5, 5.41) is 11.7. The second-order valence-corrected chi connectivity index (χ2v) is 8.13. The van der Waals surface area contributed by atoms with E-state index in [0.29, 0.717) is 0 Å². The maximum absolute atomic E-state index is 13.2. The van der Waals surface area contributed by atoms with Gasteiger partial charge in [-0.05, 0) is 36.4 Å². The van der Waals surface area contributed by atoms with Crippen LogP contribution in [-0.4, -0.2) is 42.9 Å². The Hall–Kier alpha value is -2.20. The summed E-state index contributed by atoms with van der Waals surface area (Å²) < 4.78 is 39.3. The Morgan fingerprint density at radius 3 is 2.58 bits per heavy atom. The fourth-order valence-corrected chi connectivity index (χ4v) is 4.27. The van der Waals surface area contributed by atoms with Crippen molar-refractivity contribution < 1.29 is 22.7 Å². The fourth-order valence-electron chi connectivity index (χ4n) is 2.43. The van der Waals surface area contributed by atoms with E-state index in [-0.39, 0.29) is 39.9 Å². The van der Waals surface area contributed by atoms with Crippen molar-refractivity contribution in [2.75, 3.05) is 24.1 Å². The standard InChI is InChI=1S/C16H15ClFN3O4S/c17-12-6-10(2-3-13(12)18)20-16(23)9-1-4-14(19)15(5-9)26(24,25)21-7-11(22)8-21/h1-6,11,22H,7-8,19H2,(H,20,23). The van der Waals surface area contributed by atoms with Crippen LogP contribution in [0.4, 0.5) is 15.8 Å². The second-order valence-electron chi connectivity index (χ2n) is 5.81. The zero-order valence-corrected chi connectivity index (χ0v) is 14.9. The summed E-state index contributed by atoms with van der Waals surface area (Å²) in [6, 6.07) is 7.53. The van der Waals surface area contributed by atoms with Crippen molar-refractivity contribution in [1.29, 1.82) is 0 Å².